The van der Waals surface area contributed by atoms with E-state index in [-0.39, 0.29) is 29.9 Å². The Balaban J connectivity index is 0.00000341. The van der Waals surface area contributed by atoms with E-state index in [1.54, 1.807) is 6.20 Å². The molecule has 0 aliphatic carbocycles. The van der Waals surface area contributed by atoms with Crippen LogP contribution >= 0.6 is 24.0 Å². The number of carbonyl (C=O) groups excluding carboxylic acids is 1. The second-order valence-electron chi connectivity index (χ2n) is 7.93. The van der Waals surface area contributed by atoms with Crippen molar-refractivity contribution in [1.29, 1.82) is 0 Å². The highest BCUT2D eigenvalue weighted by Gasteiger charge is 2.20. The Hall–Kier alpha value is -2.10. The molecule has 1 aromatic carbocycles. The molecule has 1 unspecified atom stereocenters. The molecular weight excluding hydrogens is 503 g/mol. The number of aliphatic imine (C=N–C) groups is 1. The van der Waals surface area contributed by atoms with E-state index in [4.69, 9.17) is 4.99 Å². The maximum Gasteiger partial charge on any atom is 0.224 e. The number of nitrogens with zero attached hydrogens (tertiary/aromatic N) is 4. The van der Waals surface area contributed by atoms with Crippen LogP contribution in [0.1, 0.15) is 44.2 Å². The average molecular weight is 538 g/mol. The normalized spacial score (nSPS) is 16.5. The molecule has 2 N–H and O–H groups in total. The van der Waals surface area contributed by atoms with Crippen LogP contribution < -0.4 is 10.6 Å². The summed E-state index contributed by atoms with van der Waals surface area (Å²) in [6.45, 7) is 8.71. The number of amides is 1. The van der Waals surface area contributed by atoms with Crippen molar-refractivity contribution < 1.29 is 4.79 Å². The van der Waals surface area contributed by atoms with E-state index in [2.05, 4.69) is 34.8 Å². The third-order valence-corrected chi connectivity index (χ3v) is 5.40. The fourth-order valence-corrected chi connectivity index (χ4v) is 3.80. The molecule has 1 atom stereocenters. The first kappa shape index (κ1) is 25.2. The van der Waals surface area contributed by atoms with Gasteiger partial charge in [-0.15, -0.1) is 24.0 Å². The predicted octanol–water partition coefficient (Wildman–Crippen LogP) is 3.25. The molecule has 31 heavy (non-hydrogen) atoms. The quantitative estimate of drug-likeness (QED) is 0.308. The standard InChI is InChI=1S/C23H34N6O.HI/c1-3-24-23(25-13-11-22(30)28-14-6-8-19(2)17-28)26-16-20-9-4-5-10-21(20)18-29-15-7-12-27-29;/h4-5,7,9-10,12,15,19H,3,6,8,11,13-14,16-18H2,1-2H3,(H2,24,25,26);1H. The molecule has 1 aliphatic rings. The van der Waals surface area contributed by atoms with Gasteiger partial charge in [0.2, 0.25) is 5.91 Å². The number of likely N-dealkylation sites (tertiary alicyclic amines) is 1. The van der Waals surface area contributed by atoms with Crippen molar-refractivity contribution in [2.24, 2.45) is 10.9 Å². The minimum Gasteiger partial charge on any atom is -0.357 e. The molecule has 0 radical (unpaired) electrons. The van der Waals surface area contributed by atoms with Crippen molar-refractivity contribution in [3.8, 4) is 0 Å². The Morgan fingerprint density at radius 2 is 2.03 bits per heavy atom. The zero-order valence-electron chi connectivity index (χ0n) is 18.6. The molecule has 2 aromatic rings. The first-order valence-electron chi connectivity index (χ1n) is 11.0. The van der Waals surface area contributed by atoms with Crippen LogP contribution in [-0.4, -0.2) is 52.7 Å². The second-order valence-corrected chi connectivity index (χ2v) is 7.93. The molecular formula is C23H35IN6O. The van der Waals surface area contributed by atoms with Gasteiger partial charge in [0.05, 0.1) is 13.1 Å². The summed E-state index contributed by atoms with van der Waals surface area (Å²) in [7, 11) is 0. The van der Waals surface area contributed by atoms with E-state index in [1.807, 2.05) is 40.9 Å². The lowest BCUT2D eigenvalue weighted by atomic mass is 10.00. The lowest BCUT2D eigenvalue weighted by Crippen LogP contribution is -2.42. The van der Waals surface area contributed by atoms with Crippen LogP contribution in [0.2, 0.25) is 0 Å². The molecule has 2 heterocycles. The van der Waals surface area contributed by atoms with Crippen molar-refractivity contribution in [2.45, 2.75) is 46.2 Å². The van der Waals surface area contributed by atoms with E-state index < -0.39 is 0 Å². The van der Waals surface area contributed by atoms with Crippen LogP contribution in [0.3, 0.4) is 0 Å². The summed E-state index contributed by atoms with van der Waals surface area (Å²) in [4.78, 5) is 19.2. The summed E-state index contributed by atoms with van der Waals surface area (Å²) < 4.78 is 1.92. The monoisotopic (exact) mass is 538 g/mol. The van der Waals surface area contributed by atoms with E-state index >= 15 is 0 Å². The van der Waals surface area contributed by atoms with Gasteiger partial charge in [0.25, 0.3) is 0 Å². The van der Waals surface area contributed by atoms with Crippen LogP contribution in [0, 0.1) is 5.92 Å². The molecule has 8 heteroatoms. The first-order valence-corrected chi connectivity index (χ1v) is 11.0. The largest absolute Gasteiger partial charge is 0.357 e. The molecule has 7 nitrogen and oxygen atoms in total. The van der Waals surface area contributed by atoms with E-state index in [1.165, 1.54) is 17.5 Å². The van der Waals surface area contributed by atoms with Crippen molar-refractivity contribution in [3.63, 3.8) is 0 Å². The van der Waals surface area contributed by atoms with Gasteiger partial charge < -0.3 is 15.5 Å². The Morgan fingerprint density at radius 1 is 1.23 bits per heavy atom. The number of piperidine rings is 1. The Bertz CT molecular complexity index is 823. The number of hydrogen-bond donors (Lipinski definition) is 2. The zero-order valence-corrected chi connectivity index (χ0v) is 20.9. The number of aromatic nitrogens is 2. The molecule has 0 spiro atoms. The molecule has 1 aromatic heterocycles. The van der Waals surface area contributed by atoms with Crippen LogP contribution in [0.5, 0.6) is 0 Å². The van der Waals surface area contributed by atoms with Gasteiger partial charge in [0, 0.05) is 45.0 Å². The summed E-state index contributed by atoms with van der Waals surface area (Å²) in [6.07, 6.45) is 6.59. The lowest BCUT2D eigenvalue weighted by Gasteiger charge is -2.31. The number of halogens is 1. The molecule has 1 aliphatic heterocycles. The van der Waals surface area contributed by atoms with Gasteiger partial charge in [-0.2, -0.15) is 5.10 Å². The predicted molar refractivity (Wildman–Crippen MR) is 136 cm³/mol. The smallest absolute Gasteiger partial charge is 0.224 e. The minimum atomic E-state index is 0. The number of rotatable bonds is 8. The van der Waals surface area contributed by atoms with Crippen molar-refractivity contribution in [1.82, 2.24) is 25.3 Å². The Morgan fingerprint density at radius 3 is 2.74 bits per heavy atom. The Kier molecular flexibility index (Phi) is 10.8. The third kappa shape index (κ3) is 8.16. The summed E-state index contributed by atoms with van der Waals surface area (Å²) in [5, 5.41) is 10.9. The van der Waals surface area contributed by atoms with Gasteiger partial charge >= 0.3 is 0 Å². The van der Waals surface area contributed by atoms with Gasteiger partial charge in [-0.3, -0.25) is 9.48 Å². The average Bonchev–Trinajstić information content (AvgIpc) is 3.26. The molecule has 0 bridgehead atoms. The van der Waals surface area contributed by atoms with Crippen LogP contribution in [-0.2, 0) is 17.9 Å². The maximum atomic E-state index is 12.5. The van der Waals surface area contributed by atoms with E-state index in [9.17, 15) is 4.79 Å². The Labute approximate surface area is 202 Å². The second kappa shape index (κ2) is 13.3. The maximum absolute atomic E-state index is 12.5. The highest BCUT2D eigenvalue weighted by Crippen LogP contribution is 2.16. The van der Waals surface area contributed by atoms with Crippen LogP contribution in [0.15, 0.2) is 47.7 Å². The molecule has 1 fully saturated rings. The molecule has 1 amide bonds. The highest BCUT2D eigenvalue weighted by molar-refractivity contribution is 14.0. The van der Waals surface area contributed by atoms with Gasteiger partial charge in [0.1, 0.15) is 0 Å². The van der Waals surface area contributed by atoms with Gasteiger partial charge in [-0.1, -0.05) is 31.2 Å². The third-order valence-electron chi connectivity index (χ3n) is 5.40. The van der Waals surface area contributed by atoms with Crippen LogP contribution in [0.25, 0.3) is 0 Å². The zero-order chi connectivity index (χ0) is 21.2. The van der Waals surface area contributed by atoms with Gasteiger partial charge in [-0.05, 0) is 42.9 Å². The number of guanidine groups is 1. The number of nitrogens with one attached hydrogen (secondary N) is 2. The van der Waals surface area contributed by atoms with Crippen molar-refractivity contribution >= 4 is 35.8 Å². The number of hydrogen-bond acceptors (Lipinski definition) is 3. The summed E-state index contributed by atoms with van der Waals surface area (Å²) in [6, 6.07) is 10.2. The van der Waals surface area contributed by atoms with Gasteiger partial charge in [0.15, 0.2) is 5.96 Å². The molecule has 3 rings (SSSR count). The van der Waals surface area contributed by atoms with Crippen molar-refractivity contribution in [2.75, 3.05) is 26.2 Å². The molecule has 170 valence electrons. The minimum absolute atomic E-state index is 0. The summed E-state index contributed by atoms with van der Waals surface area (Å²) in [5.74, 6) is 1.58. The SMILES string of the molecule is CCNC(=NCc1ccccc1Cn1cccn1)NCCC(=O)N1CCCC(C)C1.I. The topological polar surface area (TPSA) is 74.5 Å². The van der Waals surface area contributed by atoms with E-state index in [0.717, 1.165) is 38.6 Å². The fourth-order valence-electron chi connectivity index (χ4n) is 3.80. The summed E-state index contributed by atoms with van der Waals surface area (Å²) in [5.41, 5.74) is 2.37. The molecule has 0 saturated carbocycles. The van der Waals surface area contributed by atoms with Crippen molar-refractivity contribution in [3.05, 3.63) is 53.9 Å². The van der Waals surface area contributed by atoms with Crippen LogP contribution in [0.4, 0.5) is 0 Å². The lowest BCUT2D eigenvalue weighted by molar-refractivity contribution is -0.132. The number of carbonyl (C=O) groups is 1. The highest BCUT2D eigenvalue weighted by atomic mass is 127. The first-order chi connectivity index (χ1) is 14.7. The van der Waals surface area contributed by atoms with E-state index in [0.29, 0.717) is 25.4 Å². The van der Waals surface area contributed by atoms with Gasteiger partial charge in [-0.25, -0.2) is 4.99 Å². The summed E-state index contributed by atoms with van der Waals surface area (Å²) >= 11 is 0. The number of benzene rings is 1. The fraction of sp³-hybridized carbons (Fsp3) is 0.522. The molecule has 1 saturated heterocycles.